The lowest BCUT2D eigenvalue weighted by atomic mass is 10.4. The number of carboxylic acids is 1. The second kappa shape index (κ2) is 7.30. The van der Waals surface area contributed by atoms with Crippen LogP contribution in [0.25, 0.3) is 0 Å². The van der Waals surface area contributed by atoms with E-state index in [1.54, 1.807) is 13.0 Å². The molecule has 0 radical (unpaired) electrons. The van der Waals surface area contributed by atoms with E-state index >= 15 is 0 Å². The van der Waals surface area contributed by atoms with Crippen molar-refractivity contribution in [2.75, 3.05) is 12.3 Å². The molecule has 0 aromatic rings. The van der Waals surface area contributed by atoms with Crippen molar-refractivity contribution >= 4 is 23.6 Å². The minimum atomic E-state index is -1.05. The van der Waals surface area contributed by atoms with Crippen LogP contribution >= 0.6 is 11.8 Å². The first kappa shape index (κ1) is 14.0. The second-order valence-corrected chi connectivity index (χ2v) is 4.33. The van der Waals surface area contributed by atoms with Crippen LogP contribution in [0.4, 0.5) is 0 Å². The summed E-state index contributed by atoms with van der Waals surface area (Å²) in [6.07, 6.45) is 1.58. The van der Waals surface area contributed by atoms with Crippen LogP contribution in [0, 0.1) is 0 Å². The van der Waals surface area contributed by atoms with Gasteiger partial charge >= 0.3 is 5.97 Å². The van der Waals surface area contributed by atoms with Crippen LogP contribution in [0.3, 0.4) is 0 Å². The molecule has 15 heavy (non-hydrogen) atoms. The number of nitrogens with two attached hydrogens (primary N) is 1. The normalized spacial score (nSPS) is 14.0. The van der Waals surface area contributed by atoms with Gasteiger partial charge in [0.15, 0.2) is 0 Å². The molecule has 0 aliphatic rings. The van der Waals surface area contributed by atoms with E-state index in [0.717, 1.165) is 0 Å². The third-order valence-corrected chi connectivity index (χ3v) is 2.90. The van der Waals surface area contributed by atoms with Crippen molar-refractivity contribution in [1.82, 2.24) is 5.32 Å². The number of carboxylic acid groups (broad SMARTS) is 1. The third kappa shape index (κ3) is 6.14. The van der Waals surface area contributed by atoms with Gasteiger partial charge in [-0.15, -0.1) is 18.3 Å². The van der Waals surface area contributed by atoms with Gasteiger partial charge in [0.05, 0.1) is 5.25 Å². The van der Waals surface area contributed by atoms with E-state index in [0.29, 0.717) is 6.54 Å². The van der Waals surface area contributed by atoms with Gasteiger partial charge in [-0.05, 0) is 6.92 Å². The molecule has 0 aliphatic heterocycles. The highest BCUT2D eigenvalue weighted by atomic mass is 32.2. The van der Waals surface area contributed by atoms with Crippen LogP contribution < -0.4 is 11.1 Å². The first-order chi connectivity index (χ1) is 6.99. The maximum Gasteiger partial charge on any atom is 0.321 e. The zero-order valence-corrected chi connectivity index (χ0v) is 9.42. The van der Waals surface area contributed by atoms with Crippen molar-refractivity contribution in [2.24, 2.45) is 5.73 Å². The summed E-state index contributed by atoms with van der Waals surface area (Å²) in [6, 6.07) is -0.926. The Hall–Kier alpha value is -1.01. The topological polar surface area (TPSA) is 92.4 Å². The highest BCUT2D eigenvalue weighted by Gasteiger charge is 2.17. The van der Waals surface area contributed by atoms with E-state index in [2.05, 4.69) is 11.9 Å². The molecule has 0 aromatic heterocycles. The number of carbonyl (C=O) groups excluding carboxylic acids is 1. The summed E-state index contributed by atoms with van der Waals surface area (Å²) in [5, 5.41) is 10.8. The molecule has 2 atom stereocenters. The Bertz CT molecular complexity index is 246. The van der Waals surface area contributed by atoms with Crippen LogP contribution in [0.5, 0.6) is 0 Å². The number of hydrogen-bond acceptors (Lipinski definition) is 4. The van der Waals surface area contributed by atoms with Crippen LogP contribution in [-0.4, -0.2) is 40.6 Å². The molecule has 6 heteroatoms. The molecule has 4 N–H and O–H groups in total. The van der Waals surface area contributed by atoms with Gasteiger partial charge < -0.3 is 16.2 Å². The summed E-state index contributed by atoms with van der Waals surface area (Å²) in [7, 11) is 0. The molecular weight excluding hydrogens is 216 g/mol. The molecule has 0 saturated heterocycles. The summed E-state index contributed by atoms with van der Waals surface area (Å²) >= 11 is 1.22. The zero-order valence-electron chi connectivity index (χ0n) is 8.60. The summed E-state index contributed by atoms with van der Waals surface area (Å²) in [6.45, 7) is 5.59. The minimum Gasteiger partial charge on any atom is -0.480 e. The van der Waals surface area contributed by atoms with Gasteiger partial charge in [-0.1, -0.05) is 6.08 Å². The fourth-order valence-corrected chi connectivity index (χ4v) is 1.58. The molecule has 0 aliphatic carbocycles. The molecule has 1 unspecified atom stereocenters. The fraction of sp³-hybridized carbons (Fsp3) is 0.556. The Balaban J connectivity index is 3.82. The number of aliphatic carboxylic acids is 1. The molecule has 1 amide bonds. The number of rotatable bonds is 7. The van der Waals surface area contributed by atoms with E-state index in [-0.39, 0.29) is 16.9 Å². The standard InChI is InChI=1S/C9H16N2O3S/c1-3-4-11-8(12)6(2)15-5-7(10)9(13)14/h3,6-7H,1,4-5,10H2,2H3,(H,11,12)(H,13,14)/t6?,7-/m1/s1. The number of nitrogens with one attached hydrogen (secondary N) is 1. The van der Waals surface area contributed by atoms with Gasteiger partial charge in [-0.3, -0.25) is 9.59 Å². The number of carbonyl (C=O) groups is 2. The number of hydrogen-bond donors (Lipinski definition) is 3. The molecule has 0 fully saturated rings. The fourth-order valence-electron chi connectivity index (χ4n) is 0.711. The van der Waals surface area contributed by atoms with E-state index < -0.39 is 12.0 Å². The molecule has 0 aromatic carbocycles. The smallest absolute Gasteiger partial charge is 0.321 e. The van der Waals surface area contributed by atoms with E-state index in [9.17, 15) is 9.59 Å². The average Bonchev–Trinajstić information content (AvgIpc) is 2.21. The molecule has 86 valence electrons. The molecule has 0 spiro atoms. The van der Waals surface area contributed by atoms with Gasteiger partial charge in [0, 0.05) is 12.3 Å². The van der Waals surface area contributed by atoms with Gasteiger partial charge in [0.1, 0.15) is 6.04 Å². The minimum absolute atomic E-state index is 0.141. The highest BCUT2D eigenvalue weighted by Crippen LogP contribution is 2.11. The third-order valence-electron chi connectivity index (χ3n) is 1.63. The Kier molecular flexibility index (Phi) is 6.81. The van der Waals surface area contributed by atoms with E-state index in [4.69, 9.17) is 10.8 Å². The number of amides is 1. The van der Waals surface area contributed by atoms with Gasteiger partial charge in [0.2, 0.25) is 5.91 Å². The summed E-state index contributed by atoms with van der Waals surface area (Å²) in [4.78, 5) is 21.7. The maximum absolute atomic E-state index is 11.3. The average molecular weight is 232 g/mol. The van der Waals surface area contributed by atoms with Crippen LogP contribution in [-0.2, 0) is 9.59 Å². The number of thioether (sulfide) groups is 1. The zero-order chi connectivity index (χ0) is 11.8. The lowest BCUT2D eigenvalue weighted by molar-refractivity contribution is -0.138. The quantitative estimate of drug-likeness (QED) is 0.530. The van der Waals surface area contributed by atoms with E-state index in [1.807, 2.05) is 0 Å². The maximum atomic E-state index is 11.3. The summed E-state index contributed by atoms with van der Waals surface area (Å²) in [5.74, 6) is -0.975. The van der Waals surface area contributed by atoms with Gasteiger partial charge in [-0.2, -0.15) is 0 Å². The van der Waals surface area contributed by atoms with Crippen molar-refractivity contribution in [3.8, 4) is 0 Å². The molecule has 0 saturated carbocycles. The monoisotopic (exact) mass is 232 g/mol. The SMILES string of the molecule is C=CCNC(=O)C(C)SC[C@@H](N)C(=O)O. The lowest BCUT2D eigenvalue weighted by Crippen LogP contribution is -2.36. The molecule has 0 bridgehead atoms. The van der Waals surface area contributed by atoms with Crippen molar-refractivity contribution < 1.29 is 14.7 Å². The van der Waals surface area contributed by atoms with Crippen LogP contribution in [0.15, 0.2) is 12.7 Å². The first-order valence-electron chi connectivity index (χ1n) is 4.47. The van der Waals surface area contributed by atoms with Crippen LogP contribution in [0.1, 0.15) is 6.92 Å². The predicted molar refractivity (Wildman–Crippen MR) is 60.7 cm³/mol. The van der Waals surface area contributed by atoms with Crippen molar-refractivity contribution in [2.45, 2.75) is 18.2 Å². The summed E-state index contributed by atoms with van der Waals surface area (Å²) in [5.41, 5.74) is 5.30. The van der Waals surface area contributed by atoms with E-state index in [1.165, 1.54) is 11.8 Å². The van der Waals surface area contributed by atoms with Gasteiger partial charge in [0.25, 0.3) is 0 Å². The van der Waals surface area contributed by atoms with Crippen molar-refractivity contribution in [3.63, 3.8) is 0 Å². The Morgan fingerprint density at radius 1 is 1.67 bits per heavy atom. The van der Waals surface area contributed by atoms with Crippen LogP contribution in [0.2, 0.25) is 0 Å². The molecule has 5 nitrogen and oxygen atoms in total. The Morgan fingerprint density at radius 3 is 2.73 bits per heavy atom. The van der Waals surface area contributed by atoms with Crippen molar-refractivity contribution in [3.05, 3.63) is 12.7 Å². The second-order valence-electron chi connectivity index (χ2n) is 2.95. The summed E-state index contributed by atoms with van der Waals surface area (Å²) < 4.78 is 0. The van der Waals surface area contributed by atoms with Gasteiger partial charge in [-0.25, -0.2) is 0 Å². The largest absolute Gasteiger partial charge is 0.480 e. The Labute approximate surface area is 93.1 Å². The molecule has 0 rings (SSSR count). The predicted octanol–water partition coefficient (Wildman–Crippen LogP) is -0.178. The Morgan fingerprint density at radius 2 is 2.27 bits per heavy atom. The lowest BCUT2D eigenvalue weighted by Gasteiger charge is -2.12. The van der Waals surface area contributed by atoms with Crippen molar-refractivity contribution in [1.29, 1.82) is 0 Å². The first-order valence-corrected chi connectivity index (χ1v) is 5.52. The molecule has 0 heterocycles. The highest BCUT2D eigenvalue weighted by molar-refractivity contribution is 8.00. The molecular formula is C9H16N2O3S.